The molecule has 142 valence electrons. The van der Waals surface area contributed by atoms with E-state index in [9.17, 15) is 17.6 Å². The third-order valence-electron chi connectivity index (χ3n) is 4.18. The first-order chi connectivity index (χ1) is 12.9. The average molecular weight is 410 g/mol. The van der Waals surface area contributed by atoms with Gasteiger partial charge in [-0.1, -0.05) is 23.7 Å². The van der Waals surface area contributed by atoms with Crippen LogP contribution in [0.2, 0.25) is 5.02 Å². The summed E-state index contributed by atoms with van der Waals surface area (Å²) in [6, 6.07) is 10.6. The minimum atomic E-state index is -3.81. The Hall–Kier alpha value is -2.29. The molecule has 1 N–H and O–H groups in total. The van der Waals surface area contributed by atoms with Crippen LogP contribution in [0.4, 0.5) is 4.39 Å². The lowest BCUT2D eigenvalue weighted by Gasteiger charge is -2.22. The number of nitrogens with zero attached hydrogens (tertiary/aromatic N) is 2. The number of hydrazone groups is 1. The fraction of sp³-hybridized carbons (Fsp3) is 0.222. The zero-order valence-electron chi connectivity index (χ0n) is 14.2. The molecule has 1 aliphatic heterocycles. The molecule has 0 radical (unpaired) electrons. The van der Waals surface area contributed by atoms with Gasteiger partial charge >= 0.3 is 0 Å². The summed E-state index contributed by atoms with van der Waals surface area (Å²) in [6.45, 7) is 0.255. The van der Waals surface area contributed by atoms with Gasteiger partial charge in [-0.15, -0.1) is 0 Å². The van der Waals surface area contributed by atoms with Gasteiger partial charge in [0.25, 0.3) is 5.91 Å². The third-order valence-corrected chi connectivity index (χ3v) is 6.36. The SMILES string of the molecule is O=C(N/N=C/c1ccc(F)cc1)C1CCCN1S(=O)(=O)c1ccc(Cl)cc1. The Balaban J connectivity index is 1.70. The van der Waals surface area contributed by atoms with Crippen molar-refractivity contribution in [1.82, 2.24) is 9.73 Å². The number of benzene rings is 2. The average Bonchev–Trinajstić information content (AvgIpc) is 3.14. The Morgan fingerprint density at radius 3 is 2.52 bits per heavy atom. The Labute approximate surface area is 161 Å². The molecule has 1 amide bonds. The van der Waals surface area contributed by atoms with Gasteiger partial charge in [-0.2, -0.15) is 9.41 Å². The van der Waals surface area contributed by atoms with E-state index in [1.165, 1.54) is 59.1 Å². The number of hydrogen-bond donors (Lipinski definition) is 1. The third kappa shape index (κ3) is 4.52. The lowest BCUT2D eigenvalue weighted by Crippen LogP contribution is -2.44. The molecule has 0 aromatic heterocycles. The van der Waals surface area contributed by atoms with Gasteiger partial charge in [0.05, 0.1) is 11.1 Å². The Bertz CT molecular complexity index is 947. The van der Waals surface area contributed by atoms with E-state index in [2.05, 4.69) is 10.5 Å². The molecule has 6 nitrogen and oxygen atoms in total. The minimum Gasteiger partial charge on any atom is -0.271 e. The largest absolute Gasteiger partial charge is 0.271 e. The number of sulfonamides is 1. The van der Waals surface area contributed by atoms with Crippen molar-refractivity contribution in [3.8, 4) is 0 Å². The summed E-state index contributed by atoms with van der Waals surface area (Å²) in [6.07, 6.45) is 2.35. The van der Waals surface area contributed by atoms with Crippen molar-refractivity contribution in [3.05, 3.63) is 64.9 Å². The number of hydrogen-bond acceptors (Lipinski definition) is 4. The molecule has 1 unspecified atom stereocenters. The number of nitrogens with one attached hydrogen (secondary N) is 1. The molecule has 0 spiro atoms. The highest BCUT2D eigenvalue weighted by molar-refractivity contribution is 7.89. The second-order valence-corrected chi connectivity index (χ2v) is 8.34. The van der Waals surface area contributed by atoms with Gasteiger partial charge in [-0.3, -0.25) is 4.79 Å². The summed E-state index contributed by atoms with van der Waals surface area (Å²) in [5.74, 6) is -0.881. The van der Waals surface area contributed by atoms with Crippen LogP contribution in [0.3, 0.4) is 0 Å². The standard InChI is InChI=1S/C18H17ClFN3O3S/c19-14-5-9-16(10-6-14)27(25,26)23-11-1-2-17(23)18(24)22-21-12-13-3-7-15(20)8-4-13/h3-10,12,17H,1-2,11H2,(H,22,24)/b21-12+. The highest BCUT2D eigenvalue weighted by atomic mass is 35.5. The number of halogens is 2. The van der Waals surface area contributed by atoms with Gasteiger partial charge in [-0.05, 0) is 54.8 Å². The zero-order chi connectivity index (χ0) is 19.4. The van der Waals surface area contributed by atoms with Crippen LogP contribution in [0, 0.1) is 5.82 Å². The number of rotatable bonds is 5. The van der Waals surface area contributed by atoms with Crippen LogP contribution in [0.5, 0.6) is 0 Å². The molecule has 1 heterocycles. The summed E-state index contributed by atoms with van der Waals surface area (Å²) in [4.78, 5) is 12.5. The second kappa shape index (κ2) is 8.16. The lowest BCUT2D eigenvalue weighted by atomic mass is 10.2. The van der Waals surface area contributed by atoms with Crippen LogP contribution in [-0.4, -0.2) is 37.4 Å². The summed E-state index contributed by atoms with van der Waals surface area (Å²) in [5.41, 5.74) is 2.97. The molecule has 1 fully saturated rings. The molecular formula is C18H17ClFN3O3S. The fourth-order valence-corrected chi connectivity index (χ4v) is 4.61. The number of carbonyl (C=O) groups is 1. The van der Waals surface area contributed by atoms with Gasteiger partial charge < -0.3 is 0 Å². The van der Waals surface area contributed by atoms with Gasteiger partial charge in [0.15, 0.2) is 0 Å². The van der Waals surface area contributed by atoms with Crippen LogP contribution in [0.25, 0.3) is 0 Å². The molecular weight excluding hydrogens is 393 g/mol. The van der Waals surface area contributed by atoms with E-state index in [1.54, 1.807) is 0 Å². The maximum atomic E-state index is 12.9. The molecule has 1 saturated heterocycles. The van der Waals surface area contributed by atoms with E-state index in [1.807, 2.05) is 0 Å². The summed E-state index contributed by atoms with van der Waals surface area (Å²) < 4.78 is 39.7. The molecule has 27 heavy (non-hydrogen) atoms. The lowest BCUT2D eigenvalue weighted by molar-refractivity contribution is -0.124. The van der Waals surface area contributed by atoms with Crippen molar-refractivity contribution in [1.29, 1.82) is 0 Å². The quantitative estimate of drug-likeness (QED) is 0.609. The van der Waals surface area contributed by atoms with Gasteiger partial charge in [0, 0.05) is 11.6 Å². The molecule has 1 aliphatic rings. The Morgan fingerprint density at radius 2 is 1.85 bits per heavy atom. The van der Waals surface area contributed by atoms with Crippen LogP contribution >= 0.6 is 11.6 Å². The summed E-state index contributed by atoms with van der Waals surface area (Å²) in [5, 5.41) is 4.26. The molecule has 3 rings (SSSR count). The topological polar surface area (TPSA) is 78.8 Å². The maximum absolute atomic E-state index is 12.9. The van der Waals surface area contributed by atoms with E-state index in [0.717, 1.165) is 0 Å². The molecule has 1 atom stereocenters. The van der Waals surface area contributed by atoms with E-state index < -0.39 is 22.0 Å². The van der Waals surface area contributed by atoms with Gasteiger partial charge in [0.2, 0.25) is 10.0 Å². The molecule has 0 aliphatic carbocycles. The summed E-state index contributed by atoms with van der Waals surface area (Å²) >= 11 is 5.81. The number of amides is 1. The Morgan fingerprint density at radius 1 is 1.19 bits per heavy atom. The fourth-order valence-electron chi connectivity index (χ4n) is 2.83. The molecule has 2 aromatic carbocycles. The van der Waals surface area contributed by atoms with E-state index >= 15 is 0 Å². The minimum absolute atomic E-state index is 0.0846. The molecule has 2 aromatic rings. The van der Waals surface area contributed by atoms with E-state index in [4.69, 9.17) is 11.6 Å². The predicted molar refractivity (Wildman–Crippen MR) is 101 cm³/mol. The Kier molecular flexibility index (Phi) is 5.88. The first-order valence-electron chi connectivity index (χ1n) is 8.24. The van der Waals surface area contributed by atoms with Crippen LogP contribution in [0.15, 0.2) is 58.5 Å². The zero-order valence-corrected chi connectivity index (χ0v) is 15.8. The molecule has 0 saturated carbocycles. The highest BCUT2D eigenvalue weighted by Crippen LogP contribution is 2.27. The van der Waals surface area contributed by atoms with Crippen molar-refractivity contribution < 1.29 is 17.6 Å². The maximum Gasteiger partial charge on any atom is 0.258 e. The van der Waals surface area contributed by atoms with Crippen LogP contribution in [-0.2, 0) is 14.8 Å². The van der Waals surface area contributed by atoms with E-state index in [-0.39, 0.29) is 17.3 Å². The smallest absolute Gasteiger partial charge is 0.258 e. The number of carbonyl (C=O) groups excluding carboxylic acids is 1. The molecule has 9 heteroatoms. The van der Waals surface area contributed by atoms with Crippen molar-refractivity contribution in [3.63, 3.8) is 0 Å². The van der Waals surface area contributed by atoms with E-state index in [0.29, 0.717) is 23.4 Å². The van der Waals surface area contributed by atoms with Crippen LogP contribution < -0.4 is 5.43 Å². The normalized spacial score (nSPS) is 18.1. The van der Waals surface area contributed by atoms with Gasteiger partial charge in [0.1, 0.15) is 11.9 Å². The van der Waals surface area contributed by atoms with Gasteiger partial charge in [-0.25, -0.2) is 18.2 Å². The van der Waals surface area contributed by atoms with Crippen molar-refractivity contribution in [2.24, 2.45) is 5.10 Å². The first kappa shape index (κ1) is 19.5. The highest BCUT2D eigenvalue weighted by Gasteiger charge is 2.39. The van der Waals surface area contributed by atoms with Crippen molar-refractivity contribution in [2.45, 2.75) is 23.8 Å². The predicted octanol–water partition coefficient (Wildman–Crippen LogP) is 2.78. The van der Waals surface area contributed by atoms with Crippen LogP contribution in [0.1, 0.15) is 18.4 Å². The van der Waals surface area contributed by atoms with Crippen molar-refractivity contribution in [2.75, 3.05) is 6.54 Å². The van der Waals surface area contributed by atoms with Crippen molar-refractivity contribution >= 4 is 33.7 Å². The monoisotopic (exact) mass is 409 g/mol. The first-order valence-corrected chi connectivity index (χ1v) is 10.1. The second-order valence-electron chi connectivity index (χ2n) is 6.01. The summed E-state index contributed by atoms with van der Waals surface area (Å²) in [7, 11) is -3.81. The molecule has 0 bridgehead atoms.